The summed E-state index contributed by atoms with van der Waals surface area (Å²) in [5, 5.41) is 6.66. The first-order chi connectivity index (χ1) is 12.1. The summed E-state index contributed by atoms with van der Waals surface area (Å²) < 4.78 is 5.77. The number of amides is 1. The van der Waals surface area contributed by atoms with Gasteiger partial charge in [0.2, 0.25) is 5.91 Å². The maximum Gasteiger partial charge on any atom is 0.224 e. The molecule has 128 valence electrons. The topological polar surface area (TPSA) is 55.1 Å². The number of benzene rings is 1. The van der Waals surface area contributed by atoms with Gasteiger partial charge >= 0.3 is 0 Å². The number of halogens is 1. The highest BCUT2D eigenvalue weighted by atomic mass is 35.5. The fourth-order valence-electron chi connectivity index (χ4n) is 3.00. The van der Waals surface area contributed by atoms with E-state index in [0.717, 1.165) is 39.2 Å². The number of thiazole rings is 1. The quantitative estimate of drug-likeness (QED) is 0.700. The van der Waals surface area contributed by atoms with Crippen molar-refractivity contribution in [3.63, 3.8) is 0 Å². The van der Waals surface area contributed by atoms with Gasteiger partial charge in [-0.05, 0) is 43.0 Å². The van der Waals surface area contributed by atoms with Crippen LogP contribution in [0.4, 0.5) is 0 Å². The molecule has 0 spiro atoms. The van der Waals surface area contributed by atoms with Gasteiger partial charge in [0, 0.05) is 16.3 Å². The number of rotatable bonds is 5. The minimum absolute atomic E-state index is 0.00415. The lowest BCUT2D eigenvalue weighted by Crippen LogP contribution is -2.24. The first-order valence-corrected chi connectivity index (χ1v) is 9.41. The van der Waals surface area contributed by atoms with Crippen LogP contribution in [-0.2, 0) is 11.3 Å². The molecule has 2 aromatic heterocycles. The third-order valence-electron chi connectivity index (χ3n) is 4.40. The summed E-state index contributed by atoms with van der Waals surface area (Å²) in [5.74, 6) is 1.72. The molecule has 1 N–H and O–H groups in total. The summed E-state index contributed by atoms with van der Waals surface area (Å²) in [4.78, 5) is 16.8. The second-order valence-electron chi connectivity index (χ2n) is 6.21. The number of furan rings is 1. The van der Waals surface area contributed by atoms with Gasteiger partial charge < -0.3 is 9.73 Å². The van der Waals surface area contributed by atoms with Crippen molar-refractivity contribution in [2.75, 3.05) is 0 Å². The van der Waals surface area contributed by atoms with Gasteiger partial charge in [0.15, 0.2) is 5.76 Å². The highest BCUT2D eigenvalue weighted by Gasteiger charge is 2.44. The van der Waals surface area contributed by atoms with Gasteiger partial charge in [-0.1, -0.05) is 29.8 Å². The zero-order valence-electron chi connectivity index (χ0n) is 13.7. The lowest BCUT2D eigenvalue weighted by Gasteiger charge is -2.04. The fourth-order valence-corrected chi connectivity index (χ4v) is 3.87. The molecule has 0 radical (unpaired) electrons. The molecule has 2 heterocycles. The first kappa shape index (κ1) is 16.4. The van der Waals surface area contributed by atoms with Gasteiger partial charge in [-0.15, -0.1) is 11.3 Å². The van der Waals surface area contributed by atoms with Crippen LogP contribution in [0.3, 0.4) is 0 Å². The van der Waals surface area contributed by atoms with E-state index in [1.807, 2.05) is 48.7 Å². The van der Waals surface area contributed by atoms with Crippen LogP contribution < -0.4 is 5.32 Å². The van der Waals surface area contributed by atoms with Gasteiger partial charge in [-0.3, -0.25) is 4.79 Å². The number of aryl methyl sites for hydroxylation is 1. The average molecular weight is 373 g/mol. The Kier molecular flexibility index (Phi) is 4.36. The molecule has 0 bridgehead atoms. The third kappa shape index (κ3) is 3.48. The van der Waals surface area contributed by atoms with Crippen molar-refractivity contribution >= 4 is 28.8 Å². The monoisotopic (exact) mass is 372 g/mol. The predicted octanol–water partition coefficient (Wildman–Crippen LogP) is 4.78. The standard InChI is InChI=1S/C19H17ClN2O2S/c1-11-22-17(10-25-11)18-7-6-12(24-18)9-21-19(23)15-8-14(15)13-4-2-3-5-16(13)20/h2-7,10,14-15H,8-9H2,1H3,(H,21,23)/t14-,15+/m0/s1. The number of nitrogens with zero attached hydrogens (tertiary/aromatic N) is 1. The third-order valence-corrected chi connectivity index (χ3v) is 5.52. The molecule has 4 nitrogen and oxygen atoms in total. The Balaban J connectivity index is 1.34. The second kappa shape index (κ2) is 6.65. The Morgan fingerprint density at radius 2 is 2.20 bits per heavy atom. The van der Waals surface area contributed by atoms with Gasteiger partial charge in [0.1, 0.15) is 11.5 Å². The fraction of sp³-hybridized carbons (Fsp3) is 0.263. The van der Waals surface area contributed by atoms with Crippen molar-refractivity contribution in [2.45, 2.75) is 25.8 Å². The van der Waals surface area contributed by atoms with Gasteiger partial charge in [-0.2, -0.15) is 0 Å². The highest BCUT2D eigenvalue weighted by Crippen LogP contribution is 2.49. The van der Waals surface area contributed by atoms with Crippen molar-refractivity contribution in [3.8, 4) is 11.5 Å². The Bertz CT molecular complexity index is 918. The van der Waals surface area contributed by atoms with Crippen LogP contribution in [-0.4, -0.2) is 10.9 Å². The number of hydrogen-bond donors (Lipinski definition) is 1. The molecule has 4 rings (SSSR count). The summed E-state index contributed by atoms with van der Waals surface area (Å²) in [7, 11) is 0. The van der Waals surface area contributed by atoms with Crippen molar-refractivity contribution in [1.29, 1.82) is 0 Å². The van der Waals surface area contributed by atoms with E-state index in [4.69, 9.17) is 16.0 Å². The molecular weight excluding hydrogens is 356 g/mol. The maximum atomic E-state index is 12.3. The molecule has 1 amide bonds. The van der Waals surface area contributed by atoms with Crippen LogP contribution in [0.5, 0.6) is 0 Å². The lowest BCUT2D eigenvalue weighted by atomic mass is 10.1. The van der Waals surface area contributed by atoms with E-state index in [9.17, 15) is 4.79 Å². The number of nitrogens with one attached hydrogen (secondary N) is 1. The van der Waals surface area contributed by atoms with Crippen LogP contribution in [0.1, 0.15) is 28.7 Å². The average Bonchev–Trinajstić information content (AvgIpc) is 3.04. The number of hydrogen-bond acceptors (Lipinski definition) is 4. The number of carbonyl (C=O) groups is 1. The highest BCUT2D eigenvalue weighted by molar-refractivity contribution is 7.09. The molecule has 1 fully saturated rings. The zero-order valence-corrected chi connectivity index (χ0v) is 15.2. The van der Waals surface area contributed by atoms with E-state index in [1.165, 1.54) is 0 Å². The van der Waals surface area contributed by atoms with Crippen molar-refractivity contribution in [2.24, 2.45) is 5.92 Å². The van der Waals surface area contributed by atoms with Gasteiger partial charge in [0.25, 0.3) is 0 Å². The summed E-state index contributed by atoms with van der Waals surface area (Å²) in [6.45, 7) is 2.34. The van der Waals surface area contributed by atoms with Crippen LogP contribution in [0.15, 0.2) is 46.2 Å². The minimum Gasteiger partial charge on any atom is -0.458 e. The van der Waals surface area contributed by atoms with Crippen LogP contribution in [0, 0.1) is 12.8 Å². The zero-order chi connectivity index (χ0) is 17.4. The summed E-state index contributed by atoms with van der Waals surface area (Å²) in [6, 6.07) is 11.5. The molecule has 0 aliphatic heterocycles. The van der Waals surface area contributed by atoms with Gasteiger partial charge in [-0.25, -0.2) is 4.98 Å². The molecule has 3 aromatic rings. The van der Waals surface area contributed by atoms with E-state index in [0.29, 0.717) is 6.54 Å². The smallest absolute Gasteiger partial charge is 0.224 e. The Labute approximate surface area is 154 Å². The molecule has 1 saturated carbocycles. The molecule has 1 aliphatic carbocycles. The van der Waals surface area contributed by atoms with E-state index < -0.39 is 0 Å². The van der Waals surface area contributed by atoms with Crippen molar-refractivity contribution in [3.05, 3.63) is 63.1 Å². The van der Waals surface area contributed by atoms with Crippen LogP contribution in [0.2, 0.25) is 5.02 Å². The SMILES string of the molecule is Cc1nc(-c2ccc(CNC(=O)[C@@H]3C[C@H]3c3ccccc3Cl)o2)cs1. The molecule has 1 aromatic carbocycles. The summed E-state index contributed by atoms with van der Waals surface area (Å²) in [5.41, 5.74) is 1.89. The second-order valence-corrected chi connectivity index (χ2v) is 7.68. The maximum absolute atomic E-state index is 12.3. The molecular formula is C19H17ClN2O2S. The lowest BCUT2D eigenvalue weighted by molar-refractivity contribution is -0.122. The van der Waals surface area contributed by atoms with Gasteiger partial charge in [0.05, 0.1) is 11.6 Å². The first-order valence-electron chi connectivity index (χ1n) is 8.15. The van der Waals surface area contributed by atoms with E-state index >= 15 is 0 Å². The summed E-state index contributed by atoms with van der Waals surface area (Å²) >= 11 is 7.80. The Morgan fingerprint density at radius 3 is 2.96 bits per heavy atom. The molecule has 0 unspecified atom stereocenters. The number of aromatic nitrogens is 1. The van der Waals surface area contributed by atoms with Crippen molar-refractivity contribution in [1.82, 2.24) is 10.3 Å². The molecule has 1 aliphatic rings. The molecule has 2 atom stereocenters. The predicted molar refractivity (Wildman–Crippen MR) is 98.7 cm³/mol. The largest absolute Gasteiger partial charge is 0.458 e. The molecule has 6 heteroatoms. The van der Waals surface area contributed by atoms with E-state index in [2.05, 4.69) is 10.3 Å². The molecule has 0 saturated heterocycles. The Morgan fingerprint density at radius 1 is 1.36 bits per heavy atom. The van der Waals surface area contributed by atoms with Crippen LogP contribution in [0.25, 0.3) is 11.5 Å². The normalized spacial score (nSPS) is 19.0. The summed E-state index contributed by atoms with van der Waals surface area (Å²) in [6.07, 6.45) is 0.844. The van der Waals surface area contributed by atoms with Crippen LogP contribution >= 0.6 is 22.9 Å². The minimum atomic E-state index is -0.00415. The molecule has 25 heavy (non-hydrogen) atoms. The number of carbonyl (C=O) groups excluding carboxylic acids is 1. The van der Waals surface area contributed by atoms with E-state index in [-0.39, 0.29) is 17.7 Å². The van der Waals surface area contributed by atoms with E-state index in [1.54, 1.807) is 11.3 Å². The Hall–Kier alpha value is -2.11. The van der Waals surface area contributed by atoms with Crippen molar-refractivity contribution < 1.29 is 9.21 Å².